The summed E-state index contributed by atoms with van der Waals surface area (Å²) in [4.78, 5) is 22.2. The molecule has 0 saturated carbocycles. The van der Waals surface area contributed by atoms with E-state index in [2.05, 4.69) is 10.1 Å². The minimum absolute atomic E-state index is 0.00102. The van der Waals surface area contributed by atoms with Crippen LogP contribution in [0, 0.1) is 18.6 Å². The molecule has 0 bridgehead atoms. The van der Waals surface area contributed by atoms with Crippen molar-refractivity contribution in [1.82, 2.24) is 24.1 Å². The van der Waals surface area contributed by atoms with E-state index < -0.39 is 17.2 Å². The van der Waals surface area contributed by atoms with Crippen LogP contribution in [0.3, 0.4) is 0 Å². The maximum atomic E-state index is 14.0. The van der Waals surface area contributed by atoms with E-state index in [4.69, 9.17) is 21.3 Å². The molecule has 1 aromatic carbocycles. The van der Waals surface area contributed by atoms with Crippen LogP contribution >= 0.6 is 11.6 Å². The van der Waals surface area contributed by atoms with Gasteiger partial charge in [-0.15, -0.1) is 0 Å². The van der Waals surface area contributed by atoms with Gasteiger partial charge in [0.25, 0.3) is 5.56 Å². The zero-order chi connectivity index (χ0) is 23.3. The minimum Gasteiger partial charge on any atom is -0.373 e. The lowest BCUT2D eigenvalue weighted by Gasteiger charge is -2.29. The first-order valence-electron chi connectivity index (χ1n) is 10.5. The van der Waals surface area contributed by atoms with Gasteiger partial charge in [0, 0.05) is 43.1 Å². The predicted molar refractivity (Wildman–Crippen MR) is 118 cm³/mol. The fourth-order valence-electron chi connectivity index (χ4n) is 4.18. The quantitative estimate of drug-likeness (QED) is 0.443. The second-order valence-electron chi connectivity index (χ2n) is 8.18. The molecule has 0 radical (unpaired) electrons. The smallest absolute Gasteiger partial charge is 0.277 e. The van der Waals surface area contributed by atoms with Crippen molar-refractivity contribution in [3.05, 3.63) is 80.8 Å². The molecule has 4 aromatic rings. The Morgan fingerprint density at radius 3 is 2.73 bits per heavy atom. The molecule has 0 unspecified atom stereocenters. The predicted octanol–water partition coefficient (Wildman–Crippen LogP) is 4.37. The van der Waals surface area contributed by atoms with Crippen molar-refractivity contribution in [2.24, 2.45) is 7.05 Å². The third-order valence-corrected chi connectivity index (χ3v) is 6.37. The third-order valence-electron chi connectivity index (χ3n) is 5.93. The molecule has 0 N–H and O–H groups in total. The van der Waals surface area contributed by atoms with Crippen molar-refractivity contribution in [3.8, 4) is 11.3 Å². The van der Waals surface area contributed by atoms with E-state index in [-0.39, 0.29) is 28.4 Å². The number of nitrogens with zero attached hydrogens (tertiary/aromatic N) is 5. The number of hydrogen-bond acceptors (Lipinski definition) is 5. The Labute approximate surface area is 192 Å². The summed E-state index contributed by atoms with van der Waals surface area (Å²) >= 11 is 6.19. The Morgan fingerprint density at radius 2 is 2.00 bits per heavy atom. The summed E-state index contributed by atoms with van der Waals surface area (Å²) in [5.74, 6) is -2.01. The maximum Gasteiger partial charge on any atom is 0.277 e. The number of benzene rings is 1. The zero-order valence-corrected chi connectivity index (χ0v) is 18.7. The standard InChI is InChI=1S/C23H20ClF2N5O2/c1-12-20(24)23(32)31-11-18(13-5-6-33-19(8-13)15-9-27-30(2)10-15)29-21(22(31)28-12)14-3-4-16(25)17(26)7-14/h3-4,7,9-11,13,19H,5-6,8H2,1-2H3/t13-,19+/m0/s1. The first kappa shape index (κ1) is 21.7. The second kappa shape index (κ2) is 8.31. The molecule has 33 heavy (non-hydrogen) atoms. The molecule has 5 rings (SSSR count). The van der Waals surface area contributed by atoms with Crippen LogP contribution < -0.4 is 5.56 Å². The van der Waals surface area contributed by atoms with Gasteiger partial charge in [0.2, 0.25) is 0 Å². The number of fused-ring (bicyclic) bond motifs is 1. The van der Waals surface area contributed by atoms with Crippen molar-refractivity contribution in [1.29, 1.82) is 0 Å². The number of ether oxygens (including phenoxy) is 1. The SMILES string of the molecule is Cc1nc2c(-c3ccc(F)c(F)c3)nc([C@H]3CCO[C@@H](c4cnn(C)c4)C3)cn2c(=O)c1Cl. The lowest BCUT2D eigenvalue weighted by molar-refractivity contribution is 0.00455. The zero-order valence-electron chi connectivity index (χ0n) is 17.9. The van der Waals surface area contributed by atoms with Gasteiger partial charge in [-0.2, -0.15) is 5.10 Å². The van der Waals surface area contributed by atoms with Gasteiger partial charge >= 0.3 is 0 Å². The van der Waals surface area contributed by atoms with Crippen LogP contribution in [0.5, 0.6) is 0 Å². The first-order valence-corrected chi connectivity index (χ1v) is 10.8. The van der Waals surface area contributed by atoms with Crippen LogP contribution in [0.1, 0.15) is 41.8 Å². The highest BCUT2D eigenvalue weighted by atomic mass is 35.5. The summed E-state index contributed by atoms with van der Waals surface area (Å²) < 4.78 is 36.6. The van der Waals surface area contributed by atoms with Crippen LogP contribution in [-0.4, -0.2) is 30.8 Å². The van der Waals surface area contributed by atoms with Crippen molar-refractivity contribution in [3.63, 3.8) is 0 Å². The number of aromatic nitrogens is 5. The molecule has 1 aliphatic rings. The van der Waals surface area contributed by atoms with E-state index in [9.17, 15) is 13.6 Å². The Hall–Kier alpha value is -3.17. The molecule has 0 spiro atoms. The molecule has 0 amide bonds. The van der Waals surface area contributed by atoms with Crippen molar-refractivity contribution < 1.29 is 13.5 Å². The van der Waals surface area contributed by atoms with E-state index in [0.717, 1.165) is 17.7 Å². The van der Waals surface area contributed by atoms with Crippen LogP contribution in [-0.2, 0) is 11.8 Å². The lowest BCUT2D eigenvalue weighted by Crippen LogP contribution is -2.23. The highest BCUT2D eigenvalue weighted by molar-refractivity contribution is 6.31. The molecule has 10 heteroatoms. The van der Waals surface area contributed by atoms with Gasteiger partial charge < -0.3 is 4.74 Å². The van der Waals surface area contributed by atoms with Crippen molar-refractivity contribution in [2.45, 2.75) is 31.8 Å². The van der Waals surface area contributed by atoms with E-state index in [1.165, 1.54) is 10.5 Å². The molecule has 2 atom stereocenters. The topological polar surface area (TPSA) is 74.3 Å². The fourth-order valence-corrected chi connectivity index (χ4v) is 4.32. The van der Waals surface area contributed by atoms with Gasteiger partial charge in [-0.3, -0.25) is 13.9 Å². The summed E-state index contributed by atoms with van der Waals surface area (Å²) in [7, 11) is 1.84. The van der Waals surface area contributed by atoms with Gasteiger partial charge in [-0.05, 0) is 38.0 Å². The van der Waals surface area contributed by atoms with Crippen LogP contribution in [0.15, 0.2) is 41.6 Å². The molecular formula is C23H20ClF2N5O2. The Kier molecular flexibility index (Phi) is 5.46. The Morgan fingerprint density at radius 1 is 1.18 bits per heavy atom. The number of hydrogen-bond donors (Lipinski definition) is 0. The van der Waals surface area contributed by atoms with Crippen molar-refractivity contribution >= 4 is 17.2 Å². The Balaban J connectivity index is 1.66. The molecule has 0 aliphatic carbocycles. The molecule has 3 aromatic heterocycles. The summed E-state index contributed by atoms with van der Waals surface area (Å²) in [6, 6.07) is 3.51. The van der Waals surface area contributed by atoms with E-state index in [1.54, 1.807) is 24.0 Å². The summed E-state index contributed by atoms with van der Waals surface area (Å²) in [5.41, 5.74) is 2.31. The number of aryl methyl sites for hydroxylation is 2. The van der Waals surface area contributed by atoms with Crippen LogP contribution in [0.25, 0.3) is 16.9 Å². The third kappa shape index (κ3) is 3.91. The summed E-state index contributed by atoms with van der Waals surface area (Å²) in [6.45, 7) is 2.12. The van der Waals surface area contributed by atoms with Gasteiger partial charge in [0.15, 0.2) is 17.3 Å². The van der Waals surface area contributed by atoms with Gasteiger partial charge in [-0.1, -0.05) is 11.6 Å². The number of rotatable bonds is 3. The van der Waals surface area contributed by atoms with Crippen LogP contribution in [0.2, 0.25) is 5.02 Å². The monoisotopic (exact) mass is 471 g/mol. The van der Waals surface area contributed by atoms with Gasteiger partial charge in [0.1, 0.15) is 10.7 Å². The first-order chi connectivity index (χ1) is 15.8. The Bertz CT molecular complexity index is 1430. The molecule has 7 nitrogen and oxygen atoms in total. The minimum atomic E-state index is -1.01. The highest BCUT2D eigenvalue weighted by Crippen LogP contribution is 2.37. The largest absolute Gasteiger partial charge is 0.373 e. The molecule has 1 aliphatic heterocycles. The average Bonchev–Trinajstić information content (AvgIpc) is 3.25. The molecule has 4 heterocycles. The highest BCUT2D eigenvalue weighted by Gasteiger charge is 2.28. The molecule has 1 saturated heterocycles. The van der Waals surface area contributed by atoms with E-state index in [0.29, 0.717) is 36.4 Å². The lowest BCUT2D eigenvalue weighted by atomic mass is 9.90. The second-order valence-corrected chi connectivity index (χ2v) is 8.56. The fraction of sp³-hybridized carbons (Fsp3) is 0.304. The molecule has 170 valence electrons. The number of halogens is 3. The summed E-state index contributed by atoms with van der Waals surface area (Å²) in [5, 5.41) is 4.22. The summed E-state index contributed by atoms with van der Waals surface area (Å²) in [6.07, 6.45) is 6.46. The van der Waals surface area contributed by atoms with Crippen LogP contribution in [0.4, 0.5) is 8.78 Å². The molecular weight excluding hydrogens is 452 g/mol. The van der Waals surface area contributed by atoms with E-state index >= 15 is 0 Å². The van der Waals surface area contributed by atoms with Crippen molar-refractivity contribution in [2.75, 3.05) is 6.61 Å². The van der Waals surface area contributed by atoms with Gasteiger partial charge in [0.05, 0.1) is 23.7 Å². The average molecular weight is 472 g/mol. The van der Waals surface area contributed by atoms with E-state index in [1.807, 2.05) is 13.2 Å². The maximum absolute atomic E-state index is 14.0. The van der Waals surface area contributed by atoms with Gasteiger partial charge in [-0.25, -0.2) is 18.7 Å². The molecule has 1 fully saturated rings. The normalized spacial score (nSPS) is 18.7.